The standard InChI is InChI=1S/C11H14N3O4S/c1-19-7-6-18-11(15)10(13-12)8-2-4-9(5-3-8)14(16)17/h2-5,12,14,16H,6-7H2,1H3/q+1. The zero-order valence-electron chi connectivity index (χ0n) is 10.3. The van der Waals surface area contributed by atoms with Crippen molar-refractivity contribution in [1.29, 1.82) is 5.53 Å². The van der Waals surface area contributed by atoms with Gasteiger partial charge in [-0.1, -0.05) is 0 Å². The first-order valence-corrected chi connectivity index (χ1v) is 6.73. The van der Waals surface area contributed by atoms with Gasteiger partial charge in [0.2, 0.25) is 0 Å². The number of esters is 1. The molecule has 0 saturated heterocycles. The summed E-state index contributed by atoms with van der Waals surface area (Å²) in [5.41, 5.74) is 7.33. The van der Waals surface area contributed by atoms with Crippen molar-refractivity contribution >= 4 is 29.1 Å². The lowest BCUT2D eigenvalue weighted by Gasteiger charge is -2.10. The minimum Gasteiger partial charge on any atom is -0.595 e. The summed E-state index contributed by atoms with van der Waals surface area (Å²) in [5, 5.41) is 18.4. The van der Waals surface area contributed by atoms with Crippen molar-refractivity contribution in [2.45, 2.75) is 0 Å². The third-order valence-electron chi connectivity index (χ3n) is 2.23. The number of ether oxygens (including phenoxy) is 1. The van der Waals surface area contributed by atoms with Crippen molar-refractivity contribution in [3.63, 3.8) is 0 Å². The number of hydrogen-bond acceptors (Lipinski definition) is 6. The molecule has 0 aliphatic rings. The predicted molar refractivity (Wildman–Crippen MR) is 68.6 cm³/mol. The number of nitrogens with one attached hydrogen (secondary N) is 2. The Kier molecular flexibility index (Phi) is 6.20. The molecule has 3 N–H and O–H groups in total. The molecule has 0 radical (unpaired) electrons. The lowest BCUT2D eigenvalue weighted by atomic mass is 10.1. The summed E-state index contributed by atoms with van der Waals surface area (Å²) < 4.78 is 4.94. The molecule has 0 saturated carbocycles. The van der Waals surface area contributed by atoms with Crippen molar-refractivity contribution in [2.24, 2.45) is 0 Å². The zero-order valence-corrected chi connectivity index (χ0v) is 11.1. The van der Waals surface area contributed by atoms with Gasteiger partial charge in [-0.25, -0.2) is 10.0 Å². The number of nitrogens with zero attached hydrogens (tertiary/aromatic N) is 1. The highest BCUT2D eigenvalue weighted by Crippen LogP contribution is 2.07. The van der Waals surface area contributed by atoms with Crippen LogP contribution in [0.25, 0.3) is 0 Å². The molecule has 0 heterocycles. The van der Waals surface area contributed by atoms with Gasteiger partial charge in [0.15, 0.2) is 5.69 Å². The van der Waals surface area contributed by atoms with E-state index in [2.05, 4.69) is 4.79 Å². The van der Waals surface area contributed by atoms with Crippen LogP contribution in [0.2, 0.25) is 0 Å². The number of rotatable bonds is 6. The van der Waals surface area contributed by atoms with Gasteiger partial charge in [0.25, 0.3) is 0 Å². The summed E-state index contributed by atoms with van der Waals surface area (Å²) in [5.74, 6) is -0.0262. The Morgan fingerprint density at radius 1 is 1.53 bits per heavy atom. The topological polar surface area (TPSA) is 112 Å². The monoisotopic (exact) mass is 284 g/mol. The van der Waals surface area contributed by atoms with Crippen LogP contribution < -0.4 is 5.23 Å². The molecular weight excluding hydrogens is 270 g/mol. The molecule has 1 rings (SSSR count). The van der Waals surface area contributed by atoms with Crippen LogP contribution in [0.15, 0.2) is 24.3 Å². The molecule has 0 aliphatic heterocycles. The predicted octanol–water partition coefficient (Wildman–Crippen LogP) is 0.0245. The summed E-state index contributed by atoms with van der Waals surface area (Å²) in [6.45, 7) is 0.242. The molecule has 1 unspecified atom stereocenters. The van der Waals surface area contributed by atoms with E-state index in [0.29, 0.717) is 11.3 Å². The van der Waals surface area contributed by atoms with Gasteiger partial charge in [-0.15, -0.1) is 0 Å². The molecule has 0 aliphatic carbocycles. The quantitative estimate of drug-likeness (QED) is 0.170. The van der Waals surface area contributed by atoms with Gasteiger partial charge in [-0.05, 0) is 18.4 Å². The molecule has 1 aromatic rings. The SMILES string of the molecule is CSCCOC(=O)C(=[N+]=N)c1ccc([NH+]([O-])O)cc1. The zero-order chi connectivity index (χ0) is 14.3. The Labute approximate surface area is 113 Å². The van der Waals surface area contributed by atoms with Crippen molar-refractivity contribution in [3.05, 3.63) is 35.0 Å². The number of benzene rings is 1. The summed E-state index contributed by atoms with van der Waals surface area (Å²) in [6.07, 6.45) is 1.89. The molecular formula is C11H14N3O4S+. The molecule has 0 amide bonds. The van der Waals surface area contributed by atoms with Crippen molar-refractivity contribution < 1.29 is 24.8 Å². The maximum Gasteiger partial charge on any atom is 0.455 e. The van der Waals surface area contributed by atoms with Crippen LogP contribution in [-0.2, 0) is 9.53 Å². The number of carbonyl (C=O) groups is 1. The molecule has 0 bridgehead atoms. The van der Waals surface area contributed by atoms with E-state index in [0.717, 1.165) is 0 Å². The third-order valence-corrected chi connectivity index (χ3v) is 2.81. The van der Waals surface area contributed by atoms with Gasteiger partial charge in [0.05, 0.1) is 15.9 Å². The van der Waals surface area contributed by atoms with Crippen molar-refractivity contribution in [3.8, 4) is 0 Å². The van der Waals surface area contributed by atoms with E-state index in [1.807, 2.05) is 6.26 Å². The van der Waals surface area contributed by atoms with Crippen molar-refractivity contribution in [2.75, 3.05) is 18.6 Å². The fourth-order valence-electron chi connectivity index (χ4n) is 1.28. The molecule has 1 aromatic carbocycles. The molecule has 19 heavy (non-hydrogen) atoms. The van der Waals surface area contributed by atoms with Gasteiger partial charge in [-0.2, -0.15) is 17.0 Å². The first-order valence-electron chi connectivity index (χ1n) is 5.34. The molecule has 0 fully saturated rings. The summed E-state index contributed by atoms with van der Waals surface area (Å²) >= 11 is 1.53. The first kappa shape index (κ1) is 15.4. The van der Waals surface area contributed by atoms with E-state index in [1.54, 1.807) is 0 Å². The van der Waals surface area contributed by atoms with Crippen LogP contribution in [0.3, 0.4) is 0 Å². The fourth-order valence-corrected chi connectivity index (χ4v) is 1.53. The Balaban J connectivity index is 2.80. The number of quaternary nitrogens is 1. The van der Waals surface area contributed by atoms with Crippen LogP contribution in [0.1, 0.15) is 5.56 Å². The van der Waals surface area contributed by atoms with E-state index in [9.17, 15) is 10.0 Å². The van der Waals surface area contributed by atoms with Gasteiger partial charge < -0.3 is 9.94 Å². The average Bonchev–Trinajstić information content (AvgIpc) is 2.40. The lowest BCUT2D eigenvalue weighted by molar-refractivity contribution is -0.991. The molecule has 7 nitrogen and oxygen atoms in total. The Hall–Kier alpha value is -1.70. The largest absolute Gasteiger partial charge is 0.595 e. The van der Waals surface area contributed by atoms with E-state index in [4.69, 9.17) is 15.5 Å². The summed E-state index contributed by atoms with van der Waals surface area (Å²) in [7, 11) is 0. The van der Waals surface area contributed by atoms with Crippen molar-refractivity contribution in [1.82, 2.24) is 0 Å². The molecule has 1 atom stereocenters. The highest BCUT2D eigenvalue weighted by atomic mass is 32.2. The molecule has 0 aromatic heterocycles. The average molecular weight is 284 g/mol. The van der Waals surface area contributed by atoms with Gasteiger partial charge in [0.1, 0.15) is 6.61 Å². The van der Waals surface area contributed by atoms with Crippen LogP contribution in [-0.4, -0.2) is 40.3 Å². The Morgan fingerprint density at radius 2 is 2.16 bits per heavy atom. The smallest absolute Gasteiger partial charge is 0.455 e. The minimum atomic E-state index is -1.06. The Morgan fingerprint density at radius 3 is 2.63 bits per heavy atom. The third kappa shape index (κ3) is 4.47. The Bertz CT molecular complexity index is 483. The lowest BCUT2D eigenvalue weighted by Crippen LogP contribution is -2.99. The summed E-state index contributed by atoms with van der Waals surface area (Å²) in [4.78, 5) is 14.8. The van der Waals surface area contributed by atoms with Crippen LogP contribution in [0, 0.1) is 10.7 Å². The minimum absolute atomic E-state index is 0.101. The second-order valence-electron chi connectivity index (χ2n) is 3.47. The van der Waals surface area contributed by atoms with Gasteiger partial charge in [-0.3, -0.25) is 0 Å². The van der Waals surface area contributed by atoms with Gasteiger partial charge >= 0.3 is 11.7 Å². The van der Waals surface area contributed by atoms with E-state index < -0.39 is 11.2 Å². The maximum atomic E-state index is 11.7. The van der Waals surface area contributed by atoms with Crippen LogP contribution >= 0.6 is 11.8 Å². The molecule has 0 spiro atoms. The van der Waals surface area contributed by atoms with Crippen LogP contribution in [0.4, 0.5) is 5.69 Å². The second kappa shape index (κ2) is 7.67. The van der Waals surface area contributed by atoms with E-state index in [1.165, 1.54) is 36.0 Å². The highest BCUT2D eigenvalue weighted by molar-refractivity contribution is 7.98. The van der Waals surface area contributed by atoms with E-state index >= 15 is 0 Å². The summed E-state index contributed by atoms with van der Waals surface area (Å²) in [6, 6.07) is 5.54. The fraction of sp³-hybridized carbons (Fsp3) is 0.273. The number of thioether (sulfide) groups is 1. The number of carbonyl (C=O) groups excluding carboxylic acids is 1. The number of hydrogen-bond donors (Lipinski definition) is 3. The highest BCUT2D eigenvalue weighted by Gasteiger charge is 2.27. The normalized spacial score (nSPS) is 11.5. The second-order valence-corrected chi connectivity index (χ2v) is 4.46. The van der Waals surface area contributed by atoms with Crippen LogP contribution in [0.5, 0.6) is 0 Å². The van der Waals surface area contributed by atoms with Gasteiger partial charge in [0, 0.05) is 17.9 Å². The molecule has 8 heteroatoms. The first-order chi connectivity index (χ1) is 9.10. The van der Waals surface area contributed by atoms with E-state index in [-0.39, 0.29) is 18.0 Å². The maximum absolute atomic E-state index is 11.7. The molecule has 102 valence electrons.